The molecule has 4 aromatic carbocycles. The average Bonchev–Trinajstić information content (AvgIpc) is 3.29. The van der Waals surface area contributed by atoms with E-state index in [0.717, 1.165) is 24.0 Å². The van der Waals surface area contributed by atoms with Gasteiger partial charge in [-0.2, -0.15) is 5.26 Å². The van der Waals surface area contributed by atoms with E-state index >= 15 is 0 Å². The van der Waals surface area contributed by atoms with Gasteiger partial charge in [0.25, 0.3) is 0 Å². The second-order valence-electron chi connectivity index (χ2n) is 8.34. The molecule has 4 N–H and O–H groups in total. The number of fused-ring (bicyclic) bond motifs is 7. The molecule has 0 radical (unpaired) electrons. The van der Waals surface area contributed by atoms with Crippen molar-refractivity contribution in [2.24, 2.45) is 11.5 Å². The quantitative estimate of drug-likeness (QED) is 0.150. The Bertz CT molecular complexity index is 1730. The molecule has 170 valence electrons. The van der Waals surface area contributed by atoms with E-state index in [1.54, 1.807) is 12.3 Å². The van der Waals surface area contributed by atoms with Gasteiger partial charge >= 0.3 is 0 Å². The molecule has 0 amide bonds. The van der Waals surface area contributed by atoms with Crippen molar-refractivity contribution >= 4 is 58.6 Å². The number of benzene rings is 4. The predicted molar refractivity (Wildman–Crippen MR) is 152 cm³/mol. The maximum Gasteiger partial charge on any atom is 0.0988 e. The van der Waals surface area contributed by atoms with Crippen LogP contribution in [0.1, 0.15) is 18.4 Å². The highest BCUT2D eigenvalue weighted by Crippen LogP contribution is 2.44. The Morgan fingerprint density at radius 3 is 2.34 bits per heavy atom. The van der Waals surface area contributed by atoms with Gasteiger partial charge in [0.1, 0.15) is 0 Å². The summed E-state index contributed by atoms with van der Waals surface area (Å²) in [5.41, 5.74) is 14.2. The van der Waals surface area contributed by atoms with Crippen LogP contribution in [-0.4, -0.2) is 0 Å². The molecule has 0 aliphatic heterocycles. The van der Waals surface area contributed by atoms with Crippen LogP contribution in [0.3, 0.4) is 0 Å². The second kappa shape index (κ2) is 9.89. The zero-order valence-corrected chi connectivity index (χ0v) is 20.1. The summed E-state index contributed by atoms with van der Waals surface area (Å²) in [5.74, 6) is 0. The number of nitrogens with zero attached hydrogens (tertiary/aromatic N) is 1. The Morgan fingerprint density at radius 2 is 1.57 bits per heavy atom. The lowest BCUT2D eigenvalue weighted by Crippen LogP contribution is -1.90. The van der Waals surface area contributed by atoms with E-state index < -0.39 is 0 Å². The van der Waals surface area contributed by atoms with E-state index in [1.165, 1.54) is 47.9 Å². The average molecular weight is 472 g/mol. The van der Waals surface area contributed by atoms with Crippen LogP contribution in [0.5, 0.6) is 0 Å². The number of unbranched alkanes of at least 4 members (excludes halogenated alkanes) is 1. The minimum absolute atomic E-state index is 0.573. The van der Waals surface area contributed by atoms with Crippen LogP contribution in [0.2, 0.25) is 0 Å². The molecule has 5 aromatic rings. The molecule has 5 rings (SSSR count). The second-order valence-corrected chi connectivity index (χ2v) is 9.42. The first-order chi connectivity index (χ1) is 17.2. The first-order valence-corrected chi connectivity index (χ1v) is 12.4. The summed E-state index contributed by atoms with van der Waals surface area (Å²) in [6, 6.07) is 26.0. The zero-order chi connectivity index (χ0) is 24.2. The van der Waals surface area contributed by atoms with Gasteiger partial charge in [-0.15, -0.1) is 11.3 Å². The van der Waals surface area contributed by atoms with Crippen molar-refractivity contribution in [3.05, 3.63) is 115 Å². The van der Waals surface area contributed by atoms with Gasteiger partial charge in [0.05, 0.1) is 6.07 Å². The fourth-order valence-electron chi connectivity index (χ4n) is 4.67. The number of hydrogen-bond acceptors (Lipinski definition) is 4. The molecular weight excluding hydrogens is 446 g/mol. The number of allylic oxidation sites excluding steroid dienone is 6. The molecular formula is C31H25N3S. The van der Waals surface area contributed by atoms with Crippen LogP contribution in [0.15, 0.2) is 109 Å². The van der Waals surface area contributed by atoms with Crippen LogP contribution in [-0.2, 0) is 0 Å². The van der Waals surface area contributed by atoms with Gasteiger partial charge < -0.3 is 11.5 Å². The van der Waals surface area contributed by atoms with Gasteiger partial charge in [-0.3, -0.25) is 0 Å². The summed E-state index contributed by atoms with van der Waals surface area (Å²) in [6.07, 6.45) is 12.3. The van der Waals surface area contributed by atoms with E-state index in [2.05, 4.69) is 85.0 Å². The number of rotatable bonds is 6. The Hall–Kier alpha value is -4.33. The highest BCUT2D eigenvalue weighted by Gasteiger charge is 2.15. The molecule has 0 saturated heterocycles. The zero-order valence-electron chi connectivity index (χ0n) is 19.2. The molecule has 0 unspecified atom stereocenters. The van der Waals surface area contributed by atoms with E-state index in [1.807, 2.05) is 17.4 Å². The van der Waals surface area contributed by atoms with Gasteiger partial charge in [0.2, 0.25) is 0 Å². The fourth-order valence-corrected chi connectivity index (χ4v) is 5.85. The van der Waals surface area contributed by atoms with Gasteiger partial charge in [-0.1, -0.05) is 72.8 Å². The van der Waals surface area contributed by atoms with E-state index in [-0.39, 0.29) is 0 Å². The standard InChI is InChI=1S/C31H25N3S/c32-17-16-21(19-33)8-2-1-3-10-23(20-34)27-18-29-31(26-13-7-6-12-25(26)27)30-24-11-5-4-9-22(24)14-15-28(30)35-29/h3-18,20H,1-2,32,34H2/b10-3-,17-16-,21-8+,23-20+. The molecule has 35 heavy (non-hydrogen) atoms. The van der Waals surface area contributed by atoms with Crippen LogP contribution >= 0.6 is 11.3 Å². The molecule has 0 saturated carbocycles. The lowest BCUT2D eigenvalue weighted by molar-refractivity contribution is 1.05. The molecule has 3 nitrogen and oxygen atoms in total. The molecule has 1 aromatic heterocycles. The SMILES string of the molecule is N#CC(/C=C\N)=C/CC/C=C\C(=C/N)c1cc2sc3ccc4ccccc4c3c2c2ccccc12. The fraction of sp³-hybridized carbons (Fsp3) is 0.0645. The Kier molecular flexibility index (Phi) is 6.34. The summed E-state index contributed by atoms with van der Waals surface area (Å²) in [4.78, 5) is 0. The van der Waals surface area contributed by atoms with Crippen molar-refractivity contribution in [2.45, 2.75) is 12.8 Å². The maximum atomic E-state index is 9.12. The van der Waals surface area contributed by atoms with Gasteiger partial charge in [0, 0.05) is 31.9 Å². The Morgan fingerprint density at radius 1 is 0.829 bits per heavy atom. The van der Waals surface area contributed by atoms with E-state index in [4.69, 9.17) is 16.7 Å². The number of nitriles is 1. The Balaban J connectivity index is 1.61. The van der Waals surface area contributed by atoms with Gasteiger partial charge in [-0.25, -0.2) is 0 Å². The highest BCUT2D eigenvalue weighted by atomic mass is 32.1. The number of nitrogens with two attached hydrogens (primary N) is 2. The topological polar surface area (TPSA) is 75.8 Å². The highest BCUT2D eigenvalue weighted by molar-refractivity contribution is 7.26. The summed E-state index contributed by atoms with van der Waals surface area (Å²) >= 11 is 1.83. The maximum absolute atomic E-state index is 9.12. The molecule has 0 fully saturated rings. The minimum Gasteiger partial charge on any atom is -0.405 e. The summed E-state index contributed by atoms with van der Waals surface area (Å²) < 4.78 is 2.55. The van der Waals surface area contributed by atoms with Crippen molar-refractivity contribution in [1.82, 2.24) is 0 Å². The smallest absolute Gasteiger partial charge is 0.0988 e. The van der Waals surface area contributed by atoms with Gasteiger partial charge in [-0.05, 0) is 69.9 Å². The summed E-state index contributed by atoms with van der Waals surface area (Å²) in [7, 11) is 0. The monoisotopic (exact) mass is 471 g/mol. The van der Waals surface area contributed by atoms with E-state index in [9.17, 15) is 0 Å². The molecule has 0 bridgehead atoms. The lowest BCUT2D eigenvalue weighted by atomic mass is 9.93. The number of thiophene rings is 1. The molecule has 0 aliphatic carbocycles. The largest absolute Gasteiger partial charge is 0.405 e. The molecule has 1 heterocycles. The molecule has 0 aliphatic rings. The van der Waals surface area contributed by atoms with Crippen molar-refractivity contribution < 1.29 is 0 Å². The third-order valence-corrected chi connectivity index (χ3v) is 7.36. The van der Waals surface area contributed by atoms with Crippen molar-refractivity contribution in [1.29, 1.82) is 5.26 Å². The molecule has 0 spiro atoms. The summed E-state index contributed by atoms with van der Waals surface area (Å²) in [5, 5.41) is 16.7. The van der Waals surface area contributed by atoms with E-state index in [0.29, 0.717) is 5.57 Å². The number of hydrogen-bond donors (Lipinski definition) is 2. The first kappa shape index (κ1) is 22.5. The minimum atomic E-state index is 0.573. The first-order valence-electron chi connectivity index (χ1n) is 11.6. The normalized spacial score (nSPS) is 13.1. The molecule has 4 heteroatoms. The van der Waals surface area contributed by atoms with Crippen LogP contribution in [0.25, 0.3) is 47.3 Å². The summed E-state index contributed by atoms with van der Waals surface area (Å²) in [6.45, 7) is 0. The van der Waals surface area contributed by atoms with Crippen molar-refractivity contribution in [2.75, 3.05) is 0 Å². The Labute approximate surface area is 208 Å². The molecule has 0 atom stereocenters. The van der Waals surface area contributed by atoms with Crippen LogP contribution in [0, 0.1) is 11.3 Å². The van der Waals surface area contributed by atoms with Crippen molar-refractivity contribution in [3.63, 3.8) is 0 Å². The van der Waals surface area contributed by atoms with Crippen LogP contribution in [0.4, 0.5) is 0 Å². The third-order valence-electron chi connectivity index (χ3n) is 6.26. The van der Waals surface area contributed by atoms with Crippen LogP contribution < -0.4 is 11.5 Å². The lowest BCUT2D eigenvalue weighted by Gasteiger charge is -2.10. The van der Waals surface area contributed by atoms with Crippen molar-refractivity contribution in [3.8, 4) is 6.07 Å². The third kappa shape index (κ3) is 4.19. The van der Waals surface area contributed by atoms with Gasteiger partial charge in [0.15, 0.2) is 0 Å². The predicted octanol–water partition coefficient (Wildman–Crippen LogP) is 7.92.